The van der Waals surface area contributed by atoms with Crippen molar-refractivity contribution >= 4 is 16.6 Å². The van der Waals surface area contributed by atoms with Crippen LogP contribution < -0.4 is 5.73 Å². The summed E-state index contributed by atoms with van der Waals surface area (Å²) >= 11 is 0. The number of anilines is 1. The minimum atomic E-state index is 0.139. The first kappa shape index (κ1) is 7.98. The van der Waals surface area contributed by atoms with E-state index in [4.69, 9.17) is 5.73 Å². The second kappa shape index (κ2) is 2.42. The lowest BCUT2D eigenvalue weighted by molar-refractivity contribution is 0.438. The summed E-state index contributed by atoms with van der Waals surface area (Å²) < 4.78 is 1.68. The normalized spacial score (nSPS) is 10.9. The standard InChI is InChI=1S/C10H12N2O/c1-6-3-4-8-7(5-6)9(11)10(13)12(8)2/h3-5,13H,11H2,1-2H3. The highest BCUT2D eigenvalue weighted by atomic mass is 16.3. The fourth-order valence-corrected chi connectivity index (χ4v) is 1.57. The Kier molecular flexibility index (Phi) is 1.49. The van der Waals surface area contributed by atoms with Gasteiger partial charge in [0.1, 0.15) is 5.69 Å². The van der Waals surface area contributed by atoms with Gasteiger partial charge in [-0.2, -0.15) is 0 Å². The molecule has 3 nitrogen and oxygen atoms in total. The summed E-state index contributed by atoms with van der Waals surface area (Å²) in [7, 11) is 1.80. The van der Waals surface area contributed by atoms with Gasteiger partial charge in [-0.15, -0.1) is 0 Å². The molecule has 0 unspecified atom stereocenters. The fourth-order valence-electron chi connectivity index (χ4n) is 1.57. The van der Waals surface area contributed by atoms with E-state index >= 15 is 0 Å². The van der Waals surface area contributed by atoms with Crippen LogP contribution in [0.25, 0.3) is 10.9 Å². The number of fused-ring (bicyclic) bond motifs is 1. The van der Waals surface area contributed by atoms with E-state index in [-0.39, 0.29) is 5.88 Å². The fraction of sp³-hybridized carbons (Fsp3) is 0.200. The first-order valence-corrected chi connectivity index (χ1v) is 4.14. The average Bonchev–Trinajstić information content (AvgIpc) is 2.32. The van der Waals surface area contributed by atoms with Crippen LogP contribution in [0.3, 0.4) is 0 Å². The molecule has 13 heavy (non-hydrogen) atoms. The molecule has 0 saturated carbocycles. The van der Waals surface area contributed by atoms with E-state index in [0.717, 1.165) is 16.5 Å². The molecule has 0 bridgehead atoms. The van der Waals surface area contributed by atoms with E-state index in [9.17, 15) is 5.11 Å². The van der Waals surface area contributed by atoms with E-state index in [1.54, 1.807) is 11.6 Å². The maximum Gasteiger partial charge on any atom is 0.215 e. The topological polar surface area (TPSA) is 51.2 Å². The van der Waals surface area contributed by atoms with Crippen molar-refractivity contribution in [3.05, 3.63) is 23.8 Å². The van der Waals surface area contributed by atoms with Crippen molar-refractivity contribution in [1.82, 2.24) is 4.57 Å². The zero-order chi connectivity index (χ0) is 9.59. The van der Waals surface area contributed by atoms with Gasteiger partial charge in [0.05, 0.1) is 5.52 Å². The molecule has 0 spiro atoms. The molecule has 3 N–H and O–H groups in total. The Morgan fingerprint density at radius 2 is 2.08 bits per heavy atom. The Labute approximate surface area is 76.4 Å². The highest BCUT2D eigenvalue weighted by Crippen LogP contribution is 2.32. The van der Waals surface area contributed by atoms with E-state index in [0.29, 0.717) is 5.69 Å². The molecule has 3 heteroatoms. The van der Waals surface area contributed by atoms with Crippen molar-refractivity contribution in [2.24, 2.45) is 7.05 Å². The lowest BCUT2D eigenvalue weighted by atomic mass is 10.1. The third-order valence-corrected chi connectivity index (χ3v) is 2.36. The van der Waals surface area contributed by atoms with Gasteiger partial charge in [-0.3, -0.25) is 0 Å². The third-order valence-electron chi connectivity index (χ3n) is 2.36. The van der Waals surface area contributed by atoms with E-state index < -0.39 is 0 Å². The van der Waals surface area contributed by atoms with Gasteiger partial charge in [-0.1, -0.05) is 11.6 Å². The molecule has 0 atom stereocenters. The van der Waals surface area contributed by atoms with Crippen LogP contribution in [0.4, 0.5) is 5.69 Å². The summed E-state index contributed by atoms with van der Waals surface area (Å²) in [6, 6.07) is 5.94. The molecule has 0 radical (unpaired) electrons. The highest BCUT2D eigenvalue weighted by molar-refractivity contribution is 5.95. The Hall–Kier alpha value is -1.64. The molecule has 2 rings (SSSR count). The number of benzene rings is 1. The van der Waals surface area contributed by atoms with Crippen LogP contribution in [0.1, 0.15) is 5.56 Å². The Balaban J connectivity index is 2.95. The molecule has 1 aromatic heterocycles. The Bertz CT molecular complexity index is 471. The van der Waals surface area contributed by atoms with Gasteiger partial charge < -0.3 is 15.4 Å². The second-order valence-electron chi connectivity index (χ2n) is 3.32. The van der Waals surface area contributed by atoms with Crippen LogP contribution in [-0.2, 0) is 7.05 Å². The summed E-state index contributed by atoms with van der Waals surface area (Å²) in [4.78, 5) is 0. The smallest absolute Gasteiger partial charge is 0.215 e. The van der Waals surface area contributed by atoms with Gasteiger partial charge in [-0.05, 0) is 19.1 Å². The number of nitrogens with zero attached hydrogens (tertiary/aromatic N) is 1. The minimum absolute atomic E-state index is 0.139. The summed E-state index contributed by atoms with van der Waals surface area (Å²) in [5, 5.41) is 10.5. The number of rotatable bonds is 0. The Morgan fingerprint density at radius 1 is 1.38 bits per heavy atom. The second-order valence-corrected chi connectivity index (χ2v) is 3.32. The molecule has 0 saturated heterocycles. The third kappa shape index (κ3) is 0.967. The molecule has 68 valence electrons. The summed E-state index contributed by atoms with van der Waals surface area (Å²) in [5.74, 6) is 0.139. The molecule has 2 aromatic rings. The van der Waals surface area contributed by atoms with Crippen molar-refractivity contribution in [2.75, 3.05) is 5.73 Å². The first-order chi connectivity index (χ1) is 6.11. The first-order valence-electron chi connectivity index (χ1n) is 4.14. The number of hydrogen-bond acceptors (Lipinski definition) is 2. The van der Waals surface area contributed by atoms with Crippen molar-refractivity contribution in [3.8, 4) is 5.88 Å². The van der Waals surface area contributed by atoms with Crippen LogP contribution in [0.15, 0.2) is 18.2 Å². The number of aromatic nitrogens is 1. The SMILES string of the molecule is Cc1ccc2c(c1)c(N)c(O)n2C. The van der Waals surface area contributed by atoms with Crippen molar-refractivity contribution < 1.29 is 5.11 Å². The van der Waals surface area contributed by atoms with E-state index in [1.165, 1.54) is 0 Å². The number of hydrogen-bond donors (Lipinski definition) is 2. The lowest BCUT2D eigenvalue weighted by Gasteiger charge is -1.96. The summed E-state index contributed by atoms with van der Waals surface area (Å²) in [5.41, 5.74) is 8.30. The van der Waals surface area contributed by atoms with Crippen LogP contribution in [0.2, 0.25) is 0 Å². The molecule has 0 amide bonds. The van der Waals surface area contributed by atoms with Gasteiger partial charge in [0.25, 0.3) is 0 Å². The maximum absolute atomic E-state index is 9.56. The van der Waals surface area contributed by atoms with Gasteiger partial charge in [0, 0.05) is 12.4 Å². The van der Waals surface area contributed by atoms with Crippen LogP contribution in [-0.4, -0.2) is 9.67 Å². The van der Waals surface area contributed by atoms with Crippen LogP contribution in [0, 0.1) is 6.92 Å². The van der Waals surface area contributed by atoms with Gasteiger partial charge in [0.15, 0.2) is 0 Å². The van der Waals surface area contributed by atoms with Crippen LogP contribution in [0.5, 0.6) is 5.88 Å². The summed E-state index contributed by atoms with van der Waals surface area (Å²) in [6.45, 7) is 2.00. The number of nitrogen functional groups attached to an aromatic ring is 1. The molecular formula is C10H12N2O. The predicted molar refractivity (Wildman–Crippen MR) is 53.7 cm³/mol. The quantitative estimate of drug-likeness (QED) is 0.642. The number of aryl methyl sites for hydroxylation is 2. The molecule has 0 aliphatic rings. The van der Waals surface area contributed by atoms with Crippen molar-refractivity contribution in [1.29, 1.82) is 0 Å². The van der Waals surface area contributed by atoms with Gasteiger partial charge in [-0.25, -0.2) is 0 Å². The Morgan fingerprint density at radius 3 is 2.77 bits per heavy atom. The summed E-state index contributed by atoms with van der Waals surface area (Å²) in [6.07, 6.45) is 0. The van der Waals surface area contributed by atoms with Crippen molar-refractivity contribution in [3.63, 3.8) is 0 Å². The largest absolute Gasteiger partial charge is 0.493 e. The number of aromatic hydroxyl groups is 1. The molecule has 0 fully saturated rings. The van der Waals surface area contributed by atoms with Gasteiger partial charge in [0.2, 0.25) is 5.88 Å². The monoisotopic (exact) mass is 176 g/mol. The molecule has 0 aliphatic carbocycles. The molecular weight excluding hydrogens is 164 g/mol. The predicted octanol–water partition coefficient (Wildman–Crippen LogP) is 1.77. The molecule has 1 aromatic carbocycles. The van der Waals surface area contributed by atoms with E-state index in [2.05, 4.69) is 0 Å². The zero-order valence-electron chi connectivity index (χ0n) is 7.70. The molecule has 1 heterocycles. The maximum atomic E-state index is 9.56. The van der Waals surface area contributed by atoms with Gasteiger partial charge >= 0.3 is 0 Å². The zero-order valence-corrected chi connectivity index (χ0v) is 7.70. The minimum Gasteiger partial charge on any atom is -0.493 e. The van der Waals surface area contributed by atoms with E-state index in [1.807, 2.05) is 25.1 Å². The van der Waals surface area contributed by atoms with Crippen LogP contribution >= 0.6 is 0 Å². The highest BCUT2D eigenvalue weighted by Gasteiger charge is 2.10. The number of nitrogens with two attached hydrogens (primary N) is 1. The molecule has 0 aliphatic heterocycles. The van der Waals surface area contributed by atoms with Crippen molar-refractivity contribution in [2.45, 2.75) is 6.92 Å². The average molecular weight is 176 g/mol. The lowest BCUT2D eigenvalue weighted by Crippen LogP contribution is -1.86.